The van der Waals surface area contributed by atoms with Crippen LogP contribution in [0.4, 0.5) is 0 Å². The molecule has 0 radical (unpaired) electrons. The molecule has 3 aromatic heterocycles. The first-order valence-electron chi connectivity index (χ1n) is 6.51. The molecule has 106 valence electrons. The molecule has 6 heteroatoms. The van der Waals surface area contributed by atoms with E-state index < -0.39 is 0 Å². The summed E-state index contributed by atoms with van der Waals surface area (Å²) in [6, 6.07) is 9.42. The van der Waals surface area contributed by atoms with E-state index in [4.69, 9.17) is 4.74 Å². The Hall–Kier alpha value is -2.34. The second kappa shape index (κ2) is 5.97. The number of imidazole rings is 1. The van der Waals surface area contributed by atoms with Crippen LogP contribution >= 0.6 is 11.8 Å². The number of pyridine rings is 2. The molecule has 21 heavy (non-hydrogen) atoms. The minimum atomic E-state index is -0.354. The van der Waals surface area contributed by atoms with Crippen molar-refractivity contribution in [3.63, 3.8) is 0 Å². The molecule has 0 N–H and O–H groups in total. The molecule has 0 saturated carbocycles. The van der Waals surface area contributed by atoms with E-state index in [-0.39, 0.29) is 5.97 Å². The third-order valence-electron chi connectivity index (χ3n) is 2.85. The molecule has 3 rings (SSSR count). The molecule has 0 fully saturated rings. The highest BCUT2D eigenvalue weighted by Gasteiger charge is 2.09. The maximum atomic E-state index is 11.6. The molecular formula is C15H13N3O2S. The number of nitrogens with zero attached hydrogens (tertiary/aromatic N) is 3. The zero-order valence-corrected chi connectivity index (χ0v) is 12.2. The van der Waals surface area contributed by atoms with Crippen LogP contribution in [0.5, 0.6) is 0 Å². The topological polar surface area (TPSA) is 56.5 Å². The molecule has 0 atom stereocenters. The molecule has 0 aliphatic carbocycles. The molecule has 0 aliphatic heterocycles. The van der Waals surface area contributed by atoms with Crippen LogP contribution in [0, 0.1) is 0 Å². The molecule has 0 aliphatic rings. The predicted octanol–water partition coefficient (Wildman–Crippen LogP) is 3.06. The Bertz CT molecular complexity index is 768. The highest BCUT2D eigenvalue weighted by atomic mass is 32.2. The van der Waals surface area contributed by atoms with Crippen molar-refractivity contribution in [3.05, 3.63) is 54.5 Å². The van der Waals surface area contributed by atoms with Gasteiger partial charge in [0, 0.05) is 12.4 Å². The number of hydrogen-bond acceptors (Lipinski definition) is 5. The zero-order chi connectivity index (χ0) is 14.7. The number of rotatable bonds is 4. The number of aromatic nitrogens is 3. The average molecular weight is 299 g/mol. The Balaban J connectivity index is 1.80. The average Bonchev–Trinajstić information content (AvgIpc) is 2.92. The van der Waals surface area contributed by atoms with Gasteiger partial charge in [-0.05, 0) is 43.0 Å². The first kappa shape index (κ1) is 13.6. The SMILES string of the molecule is CCOC(=O)c1ccc(Sc2ncc3ccccn23)nc1. The minimum absolute atomic E-state index is 0.354. The fourth-order valence-electron chi connectivity index (χ4n) is 1.86. The van der Waals surface area contributed by atoms with Crippen molar-refractivity contribution in [2.45, 2.75) is 17.1 Å². The van der Waals surface area contributed by atoms with Crippen LogP contribution in [0.25, 0.3) is 5.52 Å². The van der Waals surface area contributed by atoms with Gasteiger partial charge in [-0.15, -0.1) is 0 Å². The van der Waals surface area contributed by atoms with Gasteiger partial charge in [0.15, 0.2) is 5.16 Å². The van der Waals surface area contributed by atoms with Crippen molar-refractivity contribution >= 4 is 23.2 Å². The van der Waals surface area contributed by atoms with Gasteiger partial charge >= 0.3 is 5.97 Å². The highest BCUT2D eigenvalue weighted by Crippen LogP contribution is 2.25. The summed E-state index contributed by atoms with van der Waals surface area (Å²) in [7, 11) is 0. The number of carbonyl (C=O) groups is 1. The number of esters is 1. The number of hydrogen-bond donors (Lipinski definition) is 0. The number of carbonyl (C=O) groups excluding carboxylic acids is 1. The van der Waals surface area contributed by atoms with Gasteiger partial charge in [0.2, 0.25) is 0 Å². The predicted molar refractivity (Wildman–Crippen MR) is 79.5 cm³/mol. The van der Waals surface area contributed by atoms with Crippen LogP contribution in [0.15, 0.2) is 59.1 Å². The van der Waals surface area contributed by atoms with Crippen molar-refractivity contribution in [3.8, 4) is 0 Å². The summed E-state index contributed by atoms with van der Waals surface area (Å²) in [5.41, 5.74) is 1.48. The summed E-state index contributed by atoms with van der Waals surface area (Å²) in [6.45, 7) is 2.13. The Labute approximate surface area is 126 Å². The van der Waals surface area contributed by atoms with E-state index in [2.05, 4.69) is 9.97 Å². The Morgan fingerprint density at radius 3 is 2.90 bits per heavy atom. The lowest BCUT2D eigenvalue weighted by atomic mass is 10.3. The fraction of sp³-hybridized carbons (Fsp3) is 0.133. The minimum Gasteiger partial charge on any atom is -0.462 e. The maximum absolute atomic E-state index is 11.6. The lowest BCUT2D eigenvalue weighted by Crippen LogP contribution is -2.04. The normalized spacial score (nSPS) is 10.7. The van der Waals surface area contributed by atoms with Crippen LogP contribution in [0.2, 0.25) is 0 Å². The second-order valence-corrected chi connectivity index (χ2v) is 5.23. The van der Waals surface area contributed by atoms with E-state index in [1.54, 1.807) is 19.1 Å². The van der Waals surface area contributed by atoms with Gasteiger partial charge in [-0.2, -0.15) is 0 Å². The molecule has 0 amide bonds. The summed E-state index contributed by atoms with van der Waals surface area (Å²) in [6.07, 6.45) is 5.29. The third-order valence-corrected chi connectivity index (χ3v) is 3.78. The highest BCUT2D eigenvalue weighted by molar-refractivity contribution is 7.99. The van der Waals surface area contributed by atoms with Crippen LogP contribution < -0.4 is 0 Å². The molecule has 5 nitrogen and oxygen atoms in total. The van der Waals surface area contributed by atoms with Crippen molar-refractivity contribution in [1.82, 2.24) is 14.4 Å². The van der Waals surface area contributed by atoms with E-state index in [1.165, 1.54) is 18.0 Å². The largest absolute Gasteiger partial charge is 0.462 e. The molecule has 0 bridgehead atoms. The summed E-state index contributed by atoms with van der Waals surface area (Å²) < 4.78 is 6.92. The van der Waals surface area contributed by atoms with Gasteiger partial charge in [0.25, 0.3) is 0 Å². The Morgan fingerprint density at radius 2 is 2.14 bits per heavy atom. The van der Waals surface area contributed by atoms with E-state index in [9.17, 15) is 4.79 Å². The summed E-state index contributed by atoms with van der Waals surface area (Å²) in [5, 5.41) is 1.61. The Morgan fingerprint density at radius 1 is 1.24 bits per heavy atom. The summed E-state index contributed by atoms with van der Waals surface area (Å²) in [4.78, 5) is 20.2. The van der Waals surface area contributed by atoms with Crippen LogP contribution in [-0.2, 0) is 4.74 Å². The molecule has 0 aromatic carbocycles. The van der Waals surface area contributed by atoms with Gasteiger partial charge in [0.05, 0.1) is 23.9 Å². The van der Waals surface area contributed by atoms with Crippen molar-refractivity contribution < 1.29 is 9.53 Å². The molecular weight excluding hydrogens is 286 g/mol. The third kappa shape index (κ3) is 2.90. The van der Waals surface area contributed by atoms with Gasteiger partial charge in [0.1, 0.15) is 5.03 Å². The van der Waals surface area contributed by atoms with Crippen molar-refractivity contribution in [2.75, 3.05) is 6.61 Å². The molecule has 3 heterocycles. The van der Waals surface area contributed by atoms with Gasteiger partial charge < -0.3 is 4.74 Å². The Kier molecular flexibility index (Phi) is 3.87. The van der Waals surface area contributed by atoms with E-state index >= 15 is 0 Å². The smallest absolute Gasteiger partial charge is 0.339 e. The van der Waals surface area contributed by atoms with Gasteiger partial charge in [-0.3, -0.25) is 4.40 Å². The van der Waals surface area contributed by atoms with Crippen LogP contribution in [0.1, 0.15) is 17.3 Å². The van der Waals surface area contributed by atoms with E-state index in [1.807, 2.05) is 35.0 Å². The fourth-order valence-corrected chi connectivity index (χ4v) is 2.66. The van der Waals surface area contributed by atoms with Gasteiger partial charge in [-0.25, -0.2) is 14.8 Å². The van der Waals surface area contributed by atoms with Crippen molar-refractivity contribution in [2.24, 2.45) is 0 Å². The molecule has 0 unspecified atom stereocenters. The first-order chi connectivity index (χ1) is 10.3. The van der Waals surface area contributed by atoms with E-state index in [0.29, 0.717) is 12.2 Å². The quantitative estimate of drug-likeness (QED) is 0.693. The lowest BCUT2D eigenvalue weighted by molar-refractivity contribution is 0.0525. The van der Waals surface area contributed by atoms with Crippen molar-refractivity contribution in [1.29, 1.82) is 0 Å². The molecule has 0 spiro atoms. The van der Waals surface area contributed by atoms with Gasteiger partial charge in [-0.1, -0.05) is 6.07 Å². The number of fused-ring (bicyclic) bond motifs is 1. The van der Waals surface area contributed by atoms with E-state index in [0.717, 1.165) is 15.7 Å². The first-order valence-corrected chi connectivity index (χ1v) is 7.32. The second-order valence-electron chi connectivity index (χ2n) is 4.24. The summed E-state index contributed by atoms with van der Waals surface area (Å²) in [5.74, 6) is -0.354. The maximum Gasteiger partial charge on any atom is 0.339 e. The lowest BCUT2D eigenvalue weighted by Gasteiger charge is -2.03. The standard InChI is InChI=1S/C15H13N3O2S/c1-2-20-14(19)11-6-7-13(16-9-11)21-15-17-10-12-5-3-4-8-18(12)15/h3-10H,2H2,1H3. The number of ether oxygens (including phenoxy) is 1. The molecule has 3 aromatic rings. The van der Waals surface area contributed by atoms with Crippen LogP contribution in [0.3, 0.4) is 0 Å². The summed E-state index contributed by atoms with van der Waals surface area (Å²) >= 11 is 1.45. The molecule has 0 saturated heterocycles. The monoisotopic (exact) mass is 299 g/mol. The zero-order valence-electron chi connectivity index (χ0n) is 11.4. The van der Waals surface area contributed by atoms with Crippen LogP contribution in [-0.4, -0.2) is 26.9 Å².